The van der Waals surface area contributed by atoms with Gasteiger partial charge in [0.05, 0.1) is 18.6 Å². The fourth-order valence-electron chi connectivity index (χ4n) is 3.89. The predicted molar refractivity (Wildman–Crippen MR) is 116 cm³/mol. The fourth-order valence-corrected chi connectivity index (χ4v) is 4.78. The summed E-state index contributed by atoms with van der Waals surface area (Å²) in [7, 11) is 0. The molecule has 2 aromatic rings. The highest BCUT2D eigenvalue weighted by Gasteiger charge is 2.42. The van der Waals surface area contributed by atoms with Crippen molar-refractivity contribution in [2.75, 3.05) is 19.6 Å². The third-order valence-electron chi connectivity index (χ3n) is 5.36. The van der Waals surface area contributed by atoms with Crippen LogP contribution in [0.2, 0.25) is 0 Å². The number of carbonyl (C=O) groups excluding carboxylic acids is 1. The van der Waals surface area contributed by atoms with Gasteiger partial charge < -0.3 is 5.32 Å². The van der Waals surface area contributed by atoms with Crippen LogP contribution >= 0.6 is 36.2 Å². The number of nitrogens with one attached hydrogen (secondary N) is 2. The van der Waals surface area contributed by atoms with Crippen LogP contribution in [0.5, 0.6) is 0 Å². The lowest BCUT2D eigenvalue weighted by atomic mass is 10.0. The molecule has 1 amide bonds. The van der Waals surface area contributed by atoms with E-state index in [1.54, 1.807) is 11.3 Å². The molecule has 0 bridgehead atoms. The van der Waals surface area contributed by atoms with E-state index in [9.17, 15) is 13.6 Å². The van der Waals surface area contributed by atoms with Crippen molar-refractivity contribution >= 4 is 42.1 Å². The first-order chi connectivity index (χ1) is 13.0. The maximum atomic E-state index is 13.4. The van der Waals surface area contributed by atoms with Crippen LogP contribution in [0, 0.1) is 0 Å². The molecule has 2 atom stereocenters. The molecule has 160 valence electrons. The number of hydrogen-bond donors (Lipinski definition) is 2. The number of hydrogen-bond acceptors (Lipinski definition) is 4. The summed E-state index contributed by atoms with van der Waals surface area (Å²) in [6.45, 7) is 1.74. The largest absolute Gasteiger partial charge is 0.353 e. The van der Waals surface area contributed by atoms with Crippen molar-refractivity contribution in [2.45, 2.75) is 37.4 Å². The Morgan fingerprint density at radius 1 is 1.28 bits per heavy atom. The van der Waals surface area contributed by atoms with Crippen LogP contribution in [0.15, 0.2) is 41.8 Å². The van der Waals surface area contributed by atoms with E-state index in [4.69, 9.17) is 0 Å². The summed E-state index contributed by atoms with van der Waals surface area (Å²) in [5, 5.41) is 7.65. The molecule has 2 unspecified atom stereocenters. The molecule has 2 aliphatic heterocycles. The summed E-state index contributed by atoms with van der Waals surface area (Å²) in [6, 6.07) is 11.4. The highest BCUT2D eigenvalue weighted by molar-refractivity contribution is 7.10. The first-order valence-electron chi connectivity index (χ1n) is 9.25. The lowest BCUT2D eigenvalue weighted by molar-refractivity contribution is -0.123. The third-order valence-corrected chi connectivity index (χ3v) is 6.38. The lowest BCUT2D eigenvalue weighted by Gasteiger charge is -2.35. The number of nitrogens with zero attached hydrogens (tertiary/aromatic N) is 1. The number of halogens is 4. The summed E-state index contributed by atoms with van der Waals surface area (Å²) < 4.78 is 26.7. The molecular weight excluding hydrogens is 439 g/mol. The molecule has 0 radical (unpaired) electrons. The van der Waals surface area contributed by atoms with Crippen molar-refractivity contribution < 1.29 is 13.6 Å². The first-order valence-corrected chi connectivity index (χ1v) is 10.1. The van der Waals surface area contributed by atoms with E-state index in [0.29, 0.717) is 6.54 Å². The number of thiophene rings is 1. The van der Waals surface area contributed by atoms with Crippen molar-refractivity contribution in [1.29, 1.82) is 0 Å². The van der Waals surface area contributed by atoms with Crippen LogP contribution in [0.3, 0.4) is 0 Å². The van der Waals surface area contributed by atoms with Crippen molar-refractivity contribution in [3.8, 4) is 0 Å². The predicted octanol–water partition coefficient (Wildman–Crippen LogP) is 3.80. The van der Waals surface area contributed by atoms with Gasteiger partial charge in [-0.25, -0.2) is 8.78 Å². The molecule has 4 rings (SSSR count). The van der Waals surface area contributed by atoms with Gasteiger partial charge in [-0.15, -0.1) is 36.2 Å². The van der Waals surface area contributed by atoms with E-state index in [-0.39, 0.29) is 36.8 Å². The van der Waals surface area contributed by atoms with Gasteiger partial charge in [0.15, 0.2) is 0 Å². The highest BCUT2D eigenvalue weighted by Crippen LogP contribution is 2.30. The maximum absolute atomic E-state index is 13.4. The Morgan fingerprint density at radius 2 is 2.03 bits per heavy atom. The van der Waals surface area contributed by atoms with Gasteiger partial charge in [-0.3, -0.25) is 15.0 Å². The molecule has 2 aliphatic rings. The first kappa shape index (κ1) is 24.0. The molecule has 1 fully saturated rings. The molecule has 2 N–H and O–H groups in total. The molecule has 1 aromatic carbocycles. The summed E-state index contributed by atoms with van der Waals surface area (Å²) in [4.78, 5) is 16.2. The second-order valence-corrected chi connectivity index (χ2v) is 8.26. The van der Waals surface area contributed by atoms with Crippen molar-refractivity contribution in [1.82, 2.24) is 15.5 Å². The molecular formula is C20H25Cl2F2N3OS. The Labute approximate surface area is 185 Å². The normalized spacial score (nSPS) is 21.4. The molecule has 0 spiro atoms. The molecule has 9 heteroatoms. The van der Waals surface area contributed by atoms with Crippen molar-refractivity contribution in [3.63, 3.8) is 0 Å². The van der Waals surface area contributed by atoms with Crippen LogP contribution < -0.4 is 10.6 Å². The van der Waals surface area contributed by atoms with Gasteiger partial charge in [-0.05, 0) is 29.0 Å². The molecule has 0 aliphatic carbocycles. The Hall–Kier alpha value is -1.25. The number of rotatable bonds is 5. The van der Waals surface area contributed by atoms with Gasteiger partial charge in [0.1, 0.15) is 0 Å². The number of carbonyl (C=O) groups is 1. The monoisotopic (exact) mass is 463 g/mol. The summed E-state index contributed by atoms with van der Waals surface area (Å²) in [6.07, 6.45) is 0.567. The summed E-state index contributed by atoms with van der Waals surface area (Å²) in [5.41, 5.74) is 2.47. The fraction of sp³-hybridized carbons (Fsp3) is 0.450. The smallest absolute Gasteiger partial charge is 0.262 e. The number of benzene rings is 1. The van der Waals surface area contributed by atoms with Gasteiger partial charge in [0.2, 0.25) is 5.91 Å². The van der Waals surface area contributed by atoms with Gasteiger partial charge in [0, 0.05) is 30.9 Å². The van der Waals surface area contributed by atoms with Gasteiger partial charge in [0.25, 0.3) is 5.92 Å². The molecule has 4 nitrogen and oxygen atoms in total. The highest BCUT2D eigenvalue weighted by atomic mass is 35.5. The van der Waals surface area contributed by atoms with Crippen LogP contribution in [0.1, 0.15) is 28.5 Å². The SMILES string of the molecule is Cl.Cl.O=C(NCC(c1ccccc1)N1CCc2sccc2C1)C1CC(F)(F)CN1. The number of fused-ring (bicyclic) bond motifs is 1. The van der Waals surface area contributed by atoms with E-state index >= 15 is 0 Å². The maximum Gasteiger partial charge on any atom is 0.262 e. The molecule has 0 saturated carbocycles. The van der Waals surface area contributed by atoms with E-state index < -0.39 is 24.9 Å². The summed E-state index contributed by atoms with van der Waals surface area (Å²) >= 11 is 1.79. The van der Waals surface area contributed by atoms with Gasteiger partial charge in [-0.1, -0.05) is 30.3 Å². The average Bonchev–Trinajstić information content (AvgIpc) is 3.28. The minimum Gasteiger partial charge on any atom is -0.353 e. The molecule has 3 heterocycles. The Kier molecular flexibility index (Phi) is 8.43. The molecule has 1 aromatic heterocycles. The van der Waals surface area contributed by atoms with E-state index in [1.807, 2.05) is 18.2 Å². The van der Waals surface area contributed by atoms with Crippen LogP contribution in [-0.2, 0) is 17.8 Å². The number of amides is 1. The van der Waals surface area contributed by atoms with E-state index in [1.165, 1.54) is 10.4 Å². The van der Waals surface area contributed by atoms with Crippen molar-refractivity contribution in [2.24, 2.45) is 0 Å². The Bertz CT molecular complexity index is 806. The van der Waals surface area contributed by atoms with Crippen LogP contribution in [0.4, 0.5) is 8.78 Å². The second kappa shape index (κ2) is 10.2. The third kappa shape index (κ3) is 5.67. The number of alkyl halides is 2. The minimum absolute atomic E-state index is 0. The molecule has 29 heavy (non-hydrogen) atoms. The van der Waals surface area contributed by atoms with Crippen molar-refractivity contribution in [3.05, 3.63) is 57.8 Å². The Morgan fingerprint density at radius 3 is 2.72 bits per heavy atom. The van der Waals surface area contributed by atoms with Crippen LogP contribution in [-0.4, -0.2) is 42.4 Å². The van der Waals surface area contributed by atoms with Gasteiger partial charge in [-0.2, -0.15) is 0 Å². The minimum atomic E-state index is -2.80. The molecule has 1 saturated heterocycles. The standard InChI is InChI=1S/C20H23F2N3OS.2ClH/c21-20(22)10-16(24-13-20)19(26)23-11-17(14-4-2-1-3-5-14)25-8-6-18-15(12-25)7-9-27-18;;/h1-5,7,9,16-17,24H,6,8,10-13H2,(H,23,26);2*1H. The zero-order valence-electron chi connectivity index (χ0n) is 15.8. The quantitative estimate of drug-likeness (QED) is 0.708. The Balaban J connectivity index is 0.00000150. The zero-order chi connectivity index (χ0) is 18.9. The van der Waals surface area contributed by atoms with E-state index in [2.05, 4.69) is 39.1 Å². The zero-order valence-corrected chi connectivity index (χ0v) is 18.2. The summed E-state index contributed by atoms with van der Waals surface area (Å²) in [5.74, 6) is -3.15. The topological polar surface area (TPSA) is 44.4 Å². The average molecular weight is 464 g/mol. The van der Waals surface area contributed by atoms with E-state index in [0.717, 1.165) is 25.1 Å². The van der Waals surface area contributed by atoms with Gasteiger partial charge >= 0.3 is 0 Å². The van der Waals surface area contributed by atoms with Crippen LogP contribution in [0.25, 0.3) is 0 Å². The lowest BCUT2D eigenvalue weighted by Crippen LogP contribution is -2.45. The second-order valence-electron chi connectivity index (χ2n) is 7.25.